The molecule has 0 saturated heterocycles. The molecule has 202 valence electrons. The largest absolute Gasteiger partial charge is 0.493 e. The molecule has 0 bridgehead atoms. The van der Waals surface area contributed by atoms with Crippen molar-refractivity contribution in [3.63, 3.8) is 0 Å². The number of nitrogens with one attached hydrogen (secondary N) is 1. The maximum atomic E-state index is 6.30. The van der Waals surface area contributed by atoms with E-state index in [0.717, 1.165) is 46.7 Å². The Morgan fingerprint density at radius 2 is 1.50 bits per heavy atom. The van der Waals surface area contributed by atoms with Crippen LogP contribution in [0, 0.1) is 0 Å². The van der Waals surface area contributed by atoms with E-state index < -0.39 is 0 Å². The van der Waals surface area contributed by atoms with Gasteiger partial charge in [-0.2, -0.15) is 0 Å². The summed E-state index contributed by atoms with van der Waals surface area (Å²) >= 11 is 0. The zero-order chi connectivity index (χ0) is 27.2. The summed E-state index contributed by atoms with van der Waals surface area (Å²) in [6.07, 6.45) is 0.748. The number of aromatic nitrogens is 2. The van der Waals surface area contributed by atoms with E-state index in [2.05, 4.69) is 67.9 Å². The molecule has 0 fully saturated rings. The fourth-order valence-electron chi connectivity index (χ4n) is 4.93. The number of fused-ring (bicyclic) bond motifs is 1. The van der Waals surface area contributed by atoms with E-state index in [1.165, 1.54) is 5.56 Å². The van der Waals surface area contributed by atoms with Gasteiger partial charge in [0.2, 0.25) is 5.75 Å². The molecule has 3 aromatic carbocycles. The molecule has 4 aromatic rings. The molecular weight excluding hydrogens is 478 g/mol. The van der Waals surface area contributed by atoms with Crippen molar-refractivity contribution in [1.82, 2.24) is 14.9 Å². The predicted molar refractivity (Wildman–Crippen MR) is 153 cm³/mol. The van der Waals surface area contributed by atoms with Crippen LogP contribution >= 0.6 is 0 Å². The molecule has 0 atom stereocenters. The first kappa shape index (κ1) is 27.3. The number of nitrogens with zero attached hydrogens (tertiary/aromatic N) is 2. The van der Waals surface area contributed by atoms with Crippen LogP contribution < -0.4 is 18.9 Å². The minimum absolute atomic E-state index is 0.461. The maximum absolute atomic E-state index is 6.30. The highest BCUT2D eigenvalue weighted by molar-refractivity contribution is 5.85. The molecular formula is C31H39N3O4. The summed E-state index contributed by atoms with van der Waals surface area (Å²) in [5, 5.41) is 0. The summed E-state index contributed by atoms with van der Waals surface area (Å²) in [7, 11) is 4.82. The molecule has 1 aromatic heterocycles. The van der Waals surface area contributed by atoms with Gasteiger partial charge in [0.25, 0.3) is 0 Å². The van der Waals surface area contributed by atoms with Crippen LogP contribution in [0.4, 0.5) is 0 Å². The minimum Gasteiger partial charge on any atom is -0.493 e. The number of hydrogen-bond acceptors (Lipinski definition) is 6. The van der Waals surface area contributed by atoms with E-state index in [1.54, 1.807) is 21.3 Å². The monoisotopic (exact) mass is 517 g/mol. The van der Waals surface area contributed by atoms with Crippen LogP contribution in [0.1, 0.15) is 38.8 Å². The second-order valence-corrected chi connectivity index (χ2v) is 9.91. The Kier molecular flexibility index (Phi) is 8.79. The van der Waals surface area contributed by atoms with Gasteiger partial charge in [-0.1, -0.05) is 30.3 Å². The number of H-pyrrole nitrogens is 1. The summed E-state index contributed by atoms with van der Waals surface area (Å²) in [5.74, 6) is 3.26. The molecule has 0 spiro atoms. The molecule has 1 N–H and O–H groups in total. The summed E-state index contributed by atoms with van der Waals surface area (Å²) < 4.78 is 22.9. The lowest BCUT2D eigenvalue weighted by Crippen LogP contribution is -2.39. The standard InChI is InChI=1S/C31H39N3O4/c1-20(2)34(21(3)4)13-14-38-25-16-23(15-22-11-9-8-10-12-22)29-26(19-25)32-31(33-29)24-17-27(35-5)30(37-7)28(18-24)36-6/h8-12,16-21H,13-15H2,1-7H3,(H,32,33). The Balaban J connectivity index is 1.72. The number of methoxy groups -OCH3 is 3. The van der Waals surface area contributed by atoms with Gasteiger partial charge in [0.05, 0.1) is 32.4 Å². The number of aromatic amines is 1. The van der Waals surface area contributed by atoms with Gasteiger partial charge in [0.15, 0.2) is 11.5 Å². The fraction of sp³-hybridized carbons (Fsp3) is 0.387. The van der Waals surface area contributed by atoms with E-state index in [9.17, 15) is 0 Å². The number of imidazole rings is 1. The Labute approximate surface area is 225 Å². The lowest BCUT2D eigenvalue weighted by molar-refractivity contribution is 0.142. The smallest absolute Gasteiger partial charge is 0.203 e. The molecule has 0 radical (unpaired) electrons. The third kappa shape index (κ3) is 6.05. The number of hydrogen-bond donors (Lipinski definition) is 1. The zero-order valence-electron chi connectivity index (χ0n) is 23.5. The summed E-state index contributed by atoms with van der Waals surface area (Å²) in [4.78, 5) is 10.9. The molecule has 38 heavy (non-hydrogen) atoms. The van der Waals surface area contributed by atoms with Crippen LogP contribution in [-0.4, -0.2) is 61.4 Å². The van der Waals surface area contributed by atoms with E-state index in [-0.39, 0.29) is 0 Å². The highest BCUT2D eigenvalue weighted by Crippen LogP contribution is 2.41. The predicted octanol–water partition coefficient (Wildman–Crippen LogP) is 6.34. The zero-order valence-corrected chi connectivity index (χ0v) is 23.5. The first-order valence-electron chi connectivity index (χ1n) is 13.1. The van der Waals surface area contributed by atoms with Gasteiger partial charge < -0.3 is 23.9 Å². The van der Waals surface area contributed by atoms with Crippen molar-refractivity contribution in [3.05, 3.63) is 65.7 Å². The van der Waals surface area contributed by atoms with Gasteiger partial charge in [-0.25, -0.2) is 4.98 Å². The fourth-order valence-corrected chi connectivity index (χ4v) is 4.93. The third-order valence-corrected chi connectivity index (χ3v) is 6.76. The summed E-state index contributed by atoms with van der Waals surface area (Å²) in [5.41, 5.74) is 4.99. The molecule has 0 aliphatic heterocycles. The van der Waals surface area contributed by atoms with E-state index in [1.807, 2.05) is 24.3 Å². The SMILES string of the molecule is COc1cc(-c2nc3c(Cc4ccccc4)cc(OCCN(C(C)C)C(C)C)cc3[nH]2)cc(OC)c1OC. The number of benzene rings is 3. The van der Waals surface area contributed by atoms with Crippen LogP contribution in [0.15, 0.2) is 54.6 Å². The van der Waals surface area contributed by atoms with Crippen molar-refractivity contribution in [2.75, 3.05) is 34.5 Å². The van der Waals surface area contributed by atoms with Gasteiger partial charge in [0, 0.05) is 30.3 Å². The molecule has 1 heterocycles. The van der Waals surface area contributed by atoms with Crippen molar-refractivity contribution < 1.29 is 18.9 Å². The van der Waals surface area contributed by atoms with Crippen LogP contribution in [-0.2, 0) is 6.42 Å². The Morgan fingerprint density at radius 3 is 2.08 bits per heavy atom. The molecule has 0 aliphatic carbocycles. The molecule has 0 unspecified atom stereocenters. The average Bonchev–Trinajstić information content (AvgIpc) is 3.35. The van der Waals surface area contributed by atoms with Gasteiger partial charge in [-0.15, -0.1) is 0 Å². The lowest BCUT2D eigenvalue weighted by atomic mass is 10.0. The van der Waals surface area contributed by atoms with Crippen molar-refractivity contribution >= 4 is 11.0 Å². The Hall–Kier alpha value is -3.71. The van der Waals surface area contributed by atoms with Crippen molar-refractivity contribution in [3.8, 4) is 34.4 Å². The van der Waals surface area contributed by atoms with Crippen LogP contribution in [0.25, 0.3) is 22.4 Å². The molecule has 0 saturated carbocycles. The lowest BCUT2D eigenvalue weighted by Gasteiger charge is -2.30. The summed E-state index contributed by atoms with van der Waals surface area (Å²) in [6, 6.07) is 19.3. The van der Waals surface area contributed by atoms with Crippen molar-refractivity contribution in [1.29, 1.82) is 0 Å². The van der Waals surface area contributed by atoms with Gasteiger partial charge in [-0.05, 0) is 63.4 Å². The Bertz CT molecular complexity index is 1320. The van der Waals surface area contributed by atoms with Gasteiger partial charge in [-0.3, -0.25) is 4.90 Å². The number of rotatable bonds is 12. The quantitative estimate of drug-likeness (QED) is 0.236. The summed E-state index contributed by atoms with van der Waals surface area (Å²) in [6.45, 7) is 10.4. The van der Waals surface area contributed by atoms with Gasteiger partial charge in [0.1, 0.15) is 18.2 Å². The molecule has 0 aliphatic rings. The second-order valence-electron chi connectivity index (χ2n) is 9.91. The van der Waals surface area contributed by atoms with Crippen LogP contribution in [0.3, 0.4) is 0 Å². The molecule has 7 heteroatoms. The van der Waals surface area contributed by atoms with Crippen molar-refractivity contribution in [2.45, 2.75) is 46.2 Å². The number of ether oxygens (including phenoxy) is 4. The molecule has 7 nitrogen and oxygen atoms in total. The highest BCUT2D eigenvalue weighted by atomic mass is 16.5. The first-order valence-corrected chi connectivity index (χ1v) is 13.1. The normalized spacial score (nSPS) is 11.5. The highest BCUT2D eigenvalue weighted by Gasteiger charge is 2.18. The Morgan fingerprint density at radius 1 is 0.842 bits per heavy atom. The first-order chi connectivity index (χ1) is 18.3. The van der Waals surface area contributed by atoms with Crippen LogP contribution in [0.2, 0.25) is 0 Å². The van der Waals surface area contributed by atoms with Crippen LogP contribution in [0.5, 0.6) is 23.0 Å². The second kappa shape index (κ2) is 12.2. The third-order valence-electron chi connectivity index (χ3n) is 6.76. The van der Waals surface area contributed by atoms with Crippen molar-refractivity contribution in [2.24, 2.45) is 0 Å². The van der Waals surface area contributed by atoms with E-state index in [0.29, 0.717) is 35.9 Å². The molecule has 4 rings (SSSR count). The topological polar surface area (TPSA) is 68.8 Å². The van der Waals surface area contributed by atoms with E-state index in [4.69, 9.17) is 23.9 Å². The average molecular weight is 518 g/mol. The van der Waals surface area contributed by atoms with E-state index >= 15 is 0 Å². The van der Waals surface area contributed by atoms with Gasteiger partial charge >= 0.3 is 0 Å². The minimum atomic E-state index is 0.461. The molecule has 0 amide bonds. The maximum Gasteiger partial charge on any atom is 0.203 e.